The lowest BCUT2D eigenvalue weighted by Crippen LogP contribution is -2.17. The number of amides is 1. The molecule has 0 fully saturated rings. The molecule has 0 bridgehead atoms. The molecular formula is C21H25N5OS. The van der Waals surface area contributed by atoms with Crippen LogP contribution in [0.1, 0.15) is 18.1 Å². The lowest BCUT2D eigenvalue weighted by molar-refractivity contribution is -0.113. The van der Waals surface area contributed by atoms with E-state index in [-0.39, 0.29) is 11.7 Å². The maximum Gasteiger partial charge on any atom is 0.234 e. The Balaban J connectivity index is 1.64. The van der Waals surface area contributed by atoms with E-state index in [1.165, 1.54) is 22.9 Å². The van der Waals surface area contributed by atoms with Gasteiger partial charge in [0, 0.05) is 30.7 Å². The van der Waals surface area contributed by atoms with E-state index in [1.807, 2.05) is 41.9 Å². The Morgan fingerprint density at radius 2 is 2.00 bits per heavy atom. The van der Waals surface area contributed by atoms with Crippen LogP contribution in [0.2, 0.25) is 0 Å². The van der Waals surface area contributed by atoms with Gasteiger partial charge in [0.2, 0.25) is 5.91 Å². The van der Waals surface area contributed by atoms with E-state index >= 15 is 0 Å². The average molecular weight is 396 g/mol. The Bertz CT molecular complexity index is 969. The summed E-state index contributed by atoms with van der Waals surface area (Å²) in [6, 6.07) is 14.0. The number of rotatable bonds is 7. The van der Waals surface area contributed by atoms with Crippen molar-refractivity contribution in [1.82, 2.24) is 14.8 Å². The summed E-state index contributed by atoms with van der Waals surface area (Å²) in [5.41, 5.74) is 5.30. The van der Waals surface area contributed by atoms with Crippen LogP contribution in [0.5, 0.6) is 0 Å². The fraction of sp³-hybridized carbons (Fsp3) is 0.286. The van der Waals surface area contributed by atoms with Gasteiger partial charge in [0.15, 0.2) is 5.16 Å². The number of aromatic nitrogens is 3. The highest BCUT2D eigenvalue weighted by Crippen LogP contribution is 2.22. The molecule has 0 unspecified atom stereocenters. The van der Waals surface area contributed by atoms with Gasteiger partial charge in [-0.3, -0.25) is 9.36 Å². The predicted octanol–water partition coefficient (Wildman–Crippen LogP) is 4.07. The number of hydrogen-bond donors (Lipinski definition) is 1. The number of aryl methyl sites for hydroxylation is 2. The van der Waals surface area contributed by atoms with Crippen molar-refractivity contribution in [1.29, 1.82) is 0 Å². The molecule has 1 amide bonds. The second-order valence-electron chi connectivity index (χ2n) is 6.65. The smallest absolute Gasteiger partial charge is 0.234 e. The van der Waals surface area contributed by atoms with Crippen LogP contribution in [0, 0.1) is 13.8 Å². The third kappa shape index (κ3) is 4.72. The Morgan fingerprint density at radius 1 is 1.18 bits per heavy atom. The van der Waals surface area contributed by atoms with E-state index in [0.29, 0.717) is 5.16 Å². The molecule has 7 heteroatoms. The Morgan fingerprint density at radius 3 is 2.75 bits per heavy atom. The number of carbonyl (C=O) groups is 1. The van der Waals surface area contributed by atoms with Crippen LogP contribution in [0.25, 0.3) is 5.69 Å². The topological polar surface area (TPSA) is 63.1 Å². The van der Waals surface area contributed by atoms with Gasteiger partial charge in [-0.25, -0.2) is 0 Å². The van der Waals surface area contributed by atoms with Crippen LogP contribution in [-0.2, 0) is 4.79 Å². The summed E-state index contributed by atoms with van der Waals surface area (Å²) in [4.78, 5) is 14.5. The summed E-state index contributed by atoms with van der Waals surface area (Å²) < 4.78 is 1.90. The standard InChI is InChI=1S/C21H25N5OS/c1-5-25(4)18-8-6-7-17(12-18)23-20(27)13-28-21-24-22-14-26(21)19-10-9-15(2)16(3)11-19/h6-12,14H,5,13H2,1-4H3,(H,23,27). The molecule has 0 saturated carbocycles. The Kier molecular flexibility index (Phi) is 6.36. The predicted molar refractivity (Wildman–Crippen MR) is 116 cm³/mol. The summed E-state index contributed by atoms with van der Waals surface area (Å²) >= 11 is 1.37. The van der Waals surface area contributed by atoms with Crippen LogP contribution in [0.15, 0.2) is 53.9 Å². The van der Waals surface area contributed by atoms with Crippen LogP contribution < -0.4 is 10.2 Å². The van der Waals surface area contributed by atoms with E-state index < -0.39 is 0 Å². The zero-order valence-corrected chi connectivity index (χ0v) is 17.5. The molecule has 1 aromatic heterocycles. The lowest BCUT2D eigenvalue weighted by Gasteiger charge is -2.17. The minimum Gasteiger partial charge on any atom is -0.375 e. The Hall–Kier alpha value is -2.80. The molecule has 0 aliphatic heterocycles. The molecule has 6 nitrogen and oxygen atoms in total. The van der Waals surface area contributed by atoms with Gasteiger partial charge in [-0.15, -0.1) is 10.2 Å². The van der Waals surface area contributed by atoms with Crippen LogP contribution in [0.4, 0.5) is 11.4 Å². The first-order chi connectivity index (χ1) is 13.5. The second-order valence-corrected chi connectivity index (χ2v) is 7.60. The summed E-state index contributed by atoms with van der Waals surface area (Å²) in [6.45, 7) is 7.15. The lowest BCUT2D eigenvalue weighted by atomic mass is 10.1. The van der Waals surface area contributed by atoms with Crippen LogP contribution in [-0.4, -0.2) is 40.0 Å². The van der Waals surface area contributed by atoms with Gasteiger partial charge in [0.1, 0.15) is 6.33 Å². The average Bonchev–Trinajstić information content (AvgIpc) is 3.16. The molecule has 28 heavy (non-hydrogen) atoms. The monoisotopic (exact) mass is 395 g/mol. The van der Waals surface area contributed by atoms with Crippen molar-refractivity contribution >= 4 is 29.0 Å². The highest BCUT2D eigenvalue weighted by Gasteiger charge is 2.11. The van der Waals surface area contributed by atoms with E-state index in [2.05, 4.69) is 53.3 Å². The van der Waals surface area contributed by atoms with E-state index in [9.17, 15) is 4.79 Å². The maximum absolute atomic E-state index is 12.4. The zero-order chi connectivity index (χ0) is 20.1. The van der Waals surface area contributed by atoms with Gasteiger partial charge in [-0.1, -0.05) is 23.9 Å². The van der Waals surface area contributed by atoms with E-state index in [1.54, 1.807) is 6.33 Å². The number of nitrogens with zero attached hydrogens (tertiary/aromatic N) is 4. The molecule has 0 atom stereocenters. The van der Waals surface area contributed by atoms with E-state index in [4.69, 9.17) is 0 Å². The normalized spacial score (nSPS) is 10.7. The molecule has 0 saturated heterocycles. The van der Waals surface area contributed by atoms with Crippen LogP contribution >= 0.6 is 11.8 Å². The number of anilines is 2. The van der Waals surface area contributed by atoms with Crippen molar-refractivity contribution < 1.29 is 4.79 Å². The van der Waals surface area contributed by atoms with Crippen molar-refractivity contribution in [3.63, 3.8) is 0 Å². The molecule has 1 N–H and O–H groups in total. The molecule has 1 heterocycles. The van der Waals surface area contributed by atoms with Gasteiger partial charge in [-0.2, -0.15) is 0 Å². The largest absolute Gasteiger partial charge is 0.375 e. The first kappa shape index (κ1) is 19.9. The molecule has 0 aliphatic rings. The van der Waals surface area contributed by atoms with Gasteiger partial charge in [0.05, 0.1) is 5.75 Å². The molecular weight excluding hydrogens is 370 g/mol. The third-order valence-electron chi connectivity index (χ3n) is 4.66. The number of carbonyl (C=O) groups excluding carboxylic acids is 1. The second kappa shape index (κ2) is 8.93. The third-order valence-corrected chi connectivity index (χ3v) is 5.61. The molecule has 0 spiro atoms. The maximum atomic E-state index is 12.4. The molecule has 146 valence electrons. The highest BCUT2D eigenvalue weighted by atomic mass is 32.2. The number of hydrogen-bond acceptors (Lipinski definition) is 5. The van der Waals surface area contributed by atoms with Crippen molar-refractivity contribution in [2.45, 2.75) is 25.9 Å². The minimum absolute atomic E-state index is 0.0732. The van der Waals surface area contributed by atoms with Crippen molar-refractivity contribution in [2.75, 3.05) is 29.6 Å². The summed E-state index contributed by atoms with van der Waals surface area (Å²) in [5.74, 6) is 0.188. The van der Waals surface area contributed by atoms with Crippen molar-refractivity contribution in [2.24, 2.45) is 0 Å². The highest BCUT2D eigenvalue weighted by molar-refractivity contribution is 7.99. The van der Waals surface area contributed by atoms with E-state index in [0.717, 1.165) is 23.6 Å². The fourth-order valence-electron chi connectivity index (χ4n) is 2.71. The minimum atomic E-state index is -0.0732. The van der Waals surface area contributed by atoms with Gasteiger partial charge in [-0.05, 0) is 62.2 Å². The Labute approximate surface area is 170 Å². The number of benzene rings is 2. The first-order valence-corrected chi connectivity index (χ1v) is 10.2. The number of thioether (sulfide) groups is 1. The number of nitrogens with one attached hydrogen (secondary N) is 1. The molecule has 3 rings (SSSR count). The zero-order valence-electron chi connectivity index (χ0n) is 16.6. The molecule has 0 radical (unpaired) electrons. The van der Waals surface area contributed by atoms with Gasteiger partial charge >= 0.3 is 0 Å². The fourth-order valence-corrected chi connectivity index (χ4v) is 3.44. The SMILES string of the molecule is CCN(C)c1cccc(NC(=O)CSc2nncn2-c2ccc(C)c(C)c2)c1. The van der Waals surface area contributed by atoms with Gasteiger partial charge in [0.25, 0.3) is 0 Å². The molecule has 0 aliphatic carbocycles. The molecule has 3 aromatic rings. The quantitative estimate of drug-likeness (QED) is 0.611. The summed E-state index contributed by atoms with van der Waals surface area (Å²) in [7, 11) is 2.02. The van der Waals surface area contributed by atoms with Crippen molar-refractivity contribution in [3.05, 3.63) is 59.9 Å². The molecule has 2 aromatic carbocycles. The van der Waals surface area contributed by atoms with Crippen molar-refractivity contribution in [3.8, 4) is 5.69 Å². The van der Waals surface area contributed by atoms with Crippen LogP contribution in [0.3, 0.4) is 0 Å². The van der Waals surface area contributed by atoms with Gasteiger partial charge < -0.3 is 10.2 Å². The summed E-state index contributed by atoms with van der Waals surface area (Å²) in [5, 5.41) is 11.8. The summed E-state index contributed by atoms with van der Waals surface area (Å²) in [6.07, 6.45) is 1.68. The first-order valence-electron chi connectivity index (χ1n) is 9.19.